The highest BCUT2D eigenvalue weighted by Gasteiger charge is 2.44. The van der Waals surface area contributed by atoms with Crippen molar-refractivity contribution in [3.63, 3.8) is 0 Å². The number of halogens is 4. The van der Waals surface area contributed by atoms with Crippen LogP contribution in [0.3, 0.4) is 0 Å². The predicted octanol–water partition coefficient (Wildman–Crippen LogP) is 2.68. The summed E-state index contributed by atoms with van der Waals surface area (Å²) in [7, 11) is 1.19. The summed E-state index contributed by atoms with van der Waals surface area (Å²) >= 11 is 0. The van der Waals surface area contributed by atoms with Crippen LogP contribution in [0.25, 0.3) is 0 Å². The van der Waals surface area contributed by atoms with Crippen LogP contribution in [0.2, 0.25) is 0 Å². The lowest BCUT2D eigenvalue weighted by Gasteiger charge is -2.28. The topological polar surface area (TPSA) is 34.1 Å². The monoisotopic (exact) mass is 250 g/mol. The average molecular weight is 251 g/mol. The van der Waals surface area contributed by atoms with E-state index in [4.69, 9.17) is 10.7 Å². The first-order chi connectivity index (χ1) is 6.21. The highest BCUT2D eigenvalue weighted by molar-refractivity contribution is 8.14. The molecule has 0 aromatic rings. The summed E-state index contributed by atoms with van der Waals surface area (Å²) in [6, 6.07) is 0. The maximum absolute atomic E-state index is 12.3. The lowest BCUT2D eigenvalue weighted by Crippen LogP contribution is -2.33. The van der Waals surface area contributed by atoms with E-state index in [0.717, 1.165) is 0 Å². The third kappa shape index (κ3) is 3.02. The Balaban J connectivity index is 2.71. The molecule has 0 spiro atoms. The molecule has 0 amide bonds. The Kier molecular flexibility index (Phi) is 3.36. The number of hydrogen-bond acceptors (Lipinski definition) is 2. The van der Waals surface area contributed by atoms with Crippen LogP contribution in [0.15, 0.2) is 0 Å². The zero-order valence-electron chi connectivity index (χ0n) is 7.22. The fourth-order valence-electron chi connectivity index (χ4n) is 1.70. The Bertz CT molecular complexity index is 299. The van der Waals surface area contributed by atoms with Gasteiger partial charge in [0.25, 0.3) is 0 Å². The molecule has 0 radical (unpaired) electrons. The third-order valence-electron chi connectivity index (χ3n) is 2.49. The van der Waals surface area contributed by atoms with E-state index in [1.807, 2.05) is 0 Å². The summed E-state index contributed by atoms with van der Waals surface area (Å²) in [6.45, 7) is 0. The van der Waals surface area contributed by atoms with Crippen molar-refractivity contribution in [2.24, 2.45) is 5.92 Å². The SMILES string of the molecule is O=S(=O)(Cl)[C@@H]1CCC[C@@H](C(F)(F)F)C1. The van der Waals surface area contributed by atoms with Gasteiger partial charge in [0.1, 0.15) is 0 Å². The van der Waals surface area contributed by atoms with Crippen molar-refractivity contribution >= 4 is 19.7 Å². The van der Waals surface area contributed by atoms with Gasteiger partial charge in [-0.1, -0.05) is 6.42 Å². The first-order valence-corrected chi connectivity index (χ1v) is 6.58. The molecule has 0 unspecified atom stereocenters. The van der Waals surface area contributed by atoms with Gasteiger partial charge >= 0.3 is 6.18 Å². The average Bonchev–Trinajstić information content (AvgIpc) is 2.01. The van der Waals surface area contributed by atoms with Crippen molar-refractivity contribution < 1.29 is 21.6 Å². The quantitative estimate of drug-likeness (QED) is 0.671. The molecule has 0 saturated heterocycles. The first kappa shape index (κ1) is 12.1. The van der Waals surface area contributed by atoms with Gasteiger partial charge in [0.2, 0.25) is 9.05 Å². The van der Waals surface area contributed by atoms with Crippen LogP contribution in [-0.4, -0.2) is 19.8 Å². The molecule has 1 rings (SSSR count). The molecular formula is C7H10ClF3O2S. The van der Waals surface area contributed by atoms with E-state index in [1.165, 1.54) is 0 Å². The van der Waals surface area contributed by atoms with Gasteiger partial charge in [-0.05, 0) is 19.3 Å². The minimum absolute atomic E-state index is 0.00636. The number of rotatable bonds is 1. The van der Waals surface area contributed by atoms with Gasteiger partial charge in [-0.2, -0.15) is 13.2 Å². The van der Waals surface area contributed by atoms with E-state index in [-0.39, 0.29) is 19.3 Å². The second-order valence-corrected chi connectivity index (χ2v) is 6.41. The van der Waals surface area contributed by atoms with Crippen molar-refractivity contribution in [2.45, 2.75) is 37.1 Å². The summed E-state index contributed by atoms with van der Waals surface area (Å²) in [5.41, 5.74) is 0. The molecule has 14 heavy (non-hydrogen) atoms. The van der Waals surface area contributed by atoms with Gasteiger partial charge in [-0.3, -0.25) is 0 Å². The third-order valence-corrected chi connectivity index (χ3v) is 4.47. The van der Waals surface area contributed by atoms with Crippen LogP contribution in [0.5, 0.6) is 0 Å². The van der Waals surface area contributed by atoms with Gasteiger partial charge in [-0.25, -0.2) is 8.42 Å². The van der Waals surface area contributed by atoms with Gasteiger partial charge in [0.05, 0.1) is 11.2 Å². The lowest BCUT2D eigenvalue weighted by molar-refractivity contribution is -0.181. The van der Waals surface area contributed by atoms with E-state index < -0.39 is 32.8 Å². The van der Waals surface area contributed by atoms with Crippen molar-refractivity contribution in [1.82, 2.24) is 0 Å². The van der Waals surface area contributed by atoms with E-state index >= 15 is 0 Å². The predicted molar refractivity (Wildman–Crippen MR) is 46.6 cm³/mol. The summed E-state index contributed by atoms with van der Waals surface area (Å²) in [6.07, 6.45) is -4.19. The van der Waals surface area contributed by atoms with E-state index in [9.17, 15) is 21.6 Å². The molecule has 0 N–H and O–H groups in total. The Morgan fingerprint density at radius 2 is 1.79 bits per heavy atom. The molecule has 1 fully saturated rings. The fourth-order valence-corrected chi connectivity index (χ4v) is 3.09. The molecule has 1 saturated carbocycles. The molecule has 2 atom stereocenters. The highest BCUT2D eigenvalue weighted by Crippen LogP contribution is 2.40. The first-order valence-electron chi connectivity index (χ1n) is 4.21. The van der Waals surface area contributed by atoms with Crippen LogP contribution >= 0.6 is 10.7 Å². The summed E-state index contributed by atoms with van der Waals surface area (Å²) in [5, 5.41) is -1.04. The van der Waals surface area contributed by atoms with Crippen molar-refractivity contribution in [3.05, 3.63) is 0 Å². The lowest BCUT2D eigenvalue weighted by atomic mass is 9.88. The number of hydrogen-bond donors (Lipinski definition) is 0. The van der Waals surface area contributed by atoms with Crippen LogP contribution in [0.1, 0.15) is 25.7 Å². The van der Waals surface area contributed by atoms with Crippen molar-refractivity contribution in [1.29, 1.82) is 0 Å². The fraction of sp³-hybridized carbons (Fsp3) is 1.00. The molecule has 0 aliphatic heterocycles. The van der Waals surface area contributed by atoms with E-state index in [1.54, 1.807) is 0 Å². The van der Waals surface area contributed by atoms with Gasteiger partial charge in [0.15, 0.2) is 0 Å². The molecule has 2 nitrogen and oxygen atoms in total. The summed E-state index contributed by atoms with van der Waals surface area (Å²) < 4.78 is 58.5. The van der Waals surface area contributed by atoms with E-state index in [0.29, 0.717) is 0 Å². The largest absolute Gasteiger partial charge is 0.391 e. The molecule has 1 aliphatic carbocycles. The minimum atomic E-state index is -4.31. The Morgan fingerprint density at radius 1 is 1.21 bits per heavy atom. The smallest absolute Gasteiger partial charge is 0.212 e. The molecule has 0 aromatic carbocycles. The summed E-state index contributed by atoms with van der Waals surface area (Å²) in [4.78, 5) is 0. The minimum Gasteiger partial charge on any atom is -0.212 e. The van der Waals surface area contributed by atoms with Gasteiger partial charge < -0.3 is 0 Å². The van der Waals surface area contributed by atoms with Crippen LogP contribution in [0.4, 0.5) is 13.2 Å². The molecule has 7 heteroatoms. The zero-order chi connectivity index (χ0) is 11.0. The second-order valence-electron chi connectivity index (χ2n) is 3.50. The standard InChI is InChI=1S/C7H10ClF3O2S/c8-14(12,13)6-3-1-2-5(4-6)7(9,10)11/h5-6H,1-4H2/t5-,6-/m1/s1. The molecule has 1 aliphatic rings. The maximum atomic E-state index is 12.3. The van der Waals surface area contributed by atoms with E-state index in [2.05, 4.69) is 0 Å². The molecule has 84 valence electrons. The Labute approximate surface area is 84.9 Å². The molecule has 0 aromatic heterocycles. The summed E-state index contributed by atoms with van der Waals surface area (Å²) in [5.74, 6) is -1.52. The highest BCUT2D eigenvalue weighted by atomic mass is 35.7. The molecule has 0 heterocycles. The van der Waals surface area contributed by atoms with Crippen LogP contribution in [-0.2, 0) is 9.05 Å². The van der Waals surface area contributed by atoms with Crippen molar-refractivity contribution in [3.8, 4) is 0 Å². The van der Waals surface area contributed by atoms with Crippen LogP contribution < -0.4 is 0 Å². The normalized spacial score (nSPS) is 30.3. The Morgan fingerprint density at radius 3 is 2.21 bits per heavy atom. The molecular weight excluding hydrogens is 241 g/mol. The van der Waals surface area contributed by atoms with Crippen molar-refractivity contribution in [2.75, 3.05) is 0 Å². The Hall–Kier alpha value is 0.0300. The van der Waals surface area contributed by atoms with Crippen LogP contribution in [0, 0.1) is 5.92 Å². The zero-order valence-corrected chi connectivity index (χ0v) is 8.79. The van der Waals surface area contributed by atoms with Gasteiger partial charge in [0, 0.05) is 10.7 Å². The second kappa shape index (κ2) is 3.89. The molecule has 0 bridgehead atoms. The van der Waals surface area contributed by atoms with Gasteiger partial charge in [-0.15, -0.1) is 0 Å². The maximum Gasteiger partial charge on any atom is 0.391 e. The number of alkyl halides is 3.